The third kappa shape index (κ3) is 4.63. The molecule has 3 rings (SSSR count). The van der Waals surface area contributed by atoms with E-state index in [0.29, 0.717) is 37.4 Å². The number of carbonyl (C=O) groups is 2. The number of ketones is 1. The summed E-state index contributed by atoms with van der Waals surface area (Å²) in [5.41, 5.74) is 0.386. The minimum Gasteiger partial charge on any atom is -0.353 e. The Kier molecular flexibility index (Phi) is 6.55. The summed E-state index contributed by atoms with van der Waals surface area (Å²) in [5.74, 6) is 0.273. The van der Waals surface area contributed by atoms with Crippen LogP contribution in [0.4, 0.5) is 0 Å². The van der Waals surface area contributed by atoms with Crippen LogP contribution in [0.3, 0.4) is 0 Å². The van der Waals surface area contributed by atoms with Crippen LogP contribution in [0.1, 0.15) is 62.7 Å². The Labute approximate surface area is 167 Å². The summed E-state index contributed by atoms with van der Waals surface area (Å²) >= 11 is 0. The van der Waals surface area contributed by atoms with Gasteiger partial charge >= 0.3 is 0 Å². The summed E-state index contributed by atoms with van der Waals surface area (Å²) < 4.78 is 27.3. The van der Waals surface area contributed by atoms with E-state index >= 15 is 0 Å². The Hall–Kier alpha value is -1.73. The van der Waals surface area contributed by atoms with E-state index in [4.69, 9.17) is 0 Å². The summed E-state index contributed by atoms with van der Waals surface area (Å²) in [5, 5.41) is 3.20. The lowest BCUT2D eigenvalue weighted by Gasteiger charge is -2.34. The van der Waals surface area contributed by atoms with Crippen LogP contribution in [-0.2, 0) is 14.8 Å². The zero-order valence-corrected chi connectivity index (χ0v) is 17.5. The molecule has 1 saturated heterocycles. The topological polar surface area (TPSA) is 83.6 Å². The molecule has 1 heterocycles. The molecule has 1 aliphatic heterocycles. The van der Waals surface area contributed by atoms with Gasteiger partial charge in [0, 0.05) is 30.6 Å². The molecule has 28 heavy (non-hydrogen) atoms. The lowest BCUT2D eigenvalue weighted by Crippen LogP contribution is -2.47. The molecule has 0 radical (unpaired) electrons. The number of hydrogen-bond donors (Lipinski definition) is 1. The molecule has 154 valence electrons. The predicted molar refractivity (Wildman–Crippen MR) is 107 cm³/mol. The van der Waals surface area contributed by atoms with Crippen LogP contribution in [0.5, 0.6) is 0 Å². The minimum atomic E-state index is -3.65. The van der Waals surface area contributed by atoms with Gasteiger partial charge in [-0.1, -0.05) is 31.9 Å². The van der Waals surface area contributed by atoms with E-state index in [1.165, 1.54) is 29.8 Å². The number of nitrogens with zero attached hydrogens (tertiary/aromatic N) is 1. The van der Waals surface area contributed by atoms with Gasteiger partial charge in [0.2, 0.25) is 15.9 Å². The van der Waals surface area contributed by atoms with E-state index in [9.17, 15) is 18.0 Å². The zero-order chi connectivity index (χ0) is 20.3. The van der Waals surface area contributed by atoms with Crippen LogP contribution in [0, 0.1) is 11.8 Å². The molecule has 1 aromatic rings. The largest absolute Gasteiger partial charge is 0.353 e. The van der Waals surface area contributed by atoms with Crippen LogP contribution in [-0.4, -0.2) is 43.5 Å². The highest BCUT2D eigenvalue weighted by molar-refractivity contribution is 7.89. The first-order chi connectivity index (χ1) is 13.3. The van der Waals surface area contributed by atoms with Crippen molar-refractivity contribution in [3.8, 4) is 0 Å². The SMILES string of the molecule is CC(=O)c1cccc(S(=O)(=O)N2CCC(C(=O)NC3CCCCC3C)CC2)c1. The molecule has 0 aromatic heterocycles. The average Bonchev–Trinajstić information content (AvgIpc) is 2.70. The second kappa shape index (κ2) is 8.74. The van der Waals surface area contributed by atoms with Gasteiger partial charge in [-0.05, 0) is 50.7 Å². The second-order valence-corrected chi connectivity index (χ2v) is 10.1. The highest BCUT2D eigenvalue weighted by atomic mass is 32.2. The highest BCUT2D eigenvalue weighted by Gasteiger charge is 2.33. The molecule has 7 heteroatoms. The number of nitrogens with one attached hydrogen (secondary N) is 1. The number of piperidine rings is 1. The van der Waals surface area contributed by atoms with Crippen molar-refractivity contribution in [3.63, 3.8) is 0 Å². The van der Waals surface area contributed by atoms with Crippen LogP contribution in [0.2, 0.25) is 0 Å². The standard InChI is InChI=1S/C21H30N2O4S/c1-15-6-3-4-9-20(15)22-21(25)17-10-12-23(13-11-17)28(26,27)19-8-5-7-18(14-19)16(2)24/h5,7-8,14-15,17,20H,3-4,6,9-13H2,1-2H3,(H,22,25). The number of carbonyl (C=O) groups excluding carboxylic acids is 2. The van der Waals surface area contributed by atoms with Crippen molar-refractivity contribution in [1.29, 1.82) is 0 Å². The lowest BCUT2D eigenvalue weighted by atomic mass is 9.85. The smallest absolute Gasteiger partial charge is 0.243 e. The summed E-state index contributed by atoms with van der Waals surface area (Å²) in [6, 6.07) is 6.41. The highest BCUT2D eigenvalue weighted by Crippen LogP contribution is 2.27. The molecule has 2 atom stereocenters. The fourth-order valence-electron chi connectivity index (χ4n) is 4.21. The number of sulfonamides is 1. The lowest BCUT2D eigenvalue weighted by molar-refractivity contribution is -0.127. The molecular formula is C21H30N2O4S. The van der Waals surface area contributed by atoms with Crippen LogP contribution in [0.15, 0.2) is 29.2 Å². The summed E-state index contributed by atoms with van der Waals surface area (Å²) in [6.07, 6.45) is 5.63. The molecule has 1 saturated carbocycles. The molecule has 0 bridgehead atoms. The van der Waals surface area contributed by atoms with E-state index < -0.39 is 10.0 Å². The molecule has 2 fully saturated rings. The Morgan fingerprint density at radius 1 is 1.07 bits per heavy atom. The van der Waals surface area contributed by atoms with E-state index in [0.717, 1.165) is 19.3 Å². The second-order valence-electron chi connectivity index (χ2n) is 8.14. The van der Waals surface area contributed by atoms with E-state index in [-0.39, 0.29) is 28.5 Å². The number of benzene rings is 1. The van der Waals surface area contributed by atoms with Gasteiger partial charge in [-0.25, -0.2) is 8.42 Å². The van der Waals surface area contributed by atoms with Crippen molar-refractivity contribution in [1.82, 2.24) is 9.62 Å². The maximum absolute atomic E-state index is 12.9. The zero-order valence-electron chi connectivity index (χ0n) is 16.7. The first kappa shape index (κ1) is 21.0. The Morgan fingerprint density at radius 3 is 2.39 bits per heavy atom. The minimum absolute atomic E-state index is 0.0642. The molecule has 2 aliphatic rings. The monoisotopic (exact) mass is 406 g/mol. The molecular weight excluding hydrogens is 376 g/mol. The van der Waals surface area contributed by atoms with Crippen molar-refractivity contribution in [2.75, 3.05) is 13.1 Å². The van der Waals surface area contributed by atoms with Gasteiger partial charge in [0.1, 0.15) is 0 Å². The van der Waals surface area contributed by atoms with Crippen molar-refractivity contribution >= 4 is 21.7 Å². The number of rotatable bonds is 5. The molecule has 6 nitrogen and oxygen atoms in total. The maximum Gasteiger partial charge on any atom is 0.243 e. The Bertz CT molecular complexity index is 829. The Balaban J connectivity index is 1.60. The Morgan fingerprint density at radius 2 is 1.75 bits per heavy atom. The molecule has 2 unspecified atom stereocenters. The first-order valence-electron chi connectivity index (χ1n) is 10.2. The summed E-state index contributed by atoms with van der Waals surface area (Å²) in [7, 11) is -3.65. The van der Waals surface area contributed by atoms with Crippen LogP contribution in [0.25, 0.3) is 0 Å². The molecule has 1 N–H and O–H groups in total. The number of amides is 1. The summed E-state index contributed by atoms with van der Waals surface area (Å²) in [6.45, 7) is 4.26. The van der Waals surface area contributed by atoms with Gasteiger partial charge in [0.15, 0.2) is 5.78 Å². The number of hydrogen-bond acceptors (Lipinski definition) is 4. The van der Waals surface area contributed by atoms with Crippen molar-refractivity contribution in [2.24, 2.45) is 11.8 Å². The first-order valence-corrected chi connectivity index (χ1v) is 11.6. The van der Waals surface area contributed by atoms with Gasteiger partial charge in [-0.15, -0.1) is 0 Å². The van der Waals surface area contributed by atoms with Gasteiger partial charge in [-0.2, -0.15) is 4.31 Å². The third-order valence-electron chi connectivity index (χ3n) is 6.14. The van der Waals surface area contributed by atoms with E-state index in [1.54, 1.807) is 12.1 Å². The predicted octanol–water partition coefficient (Wildman–Crippen LogP) is 2.98. The maximum atomic E-state index is 12.9. The van der Waals surface area contributed by atoms with E-state index in [1.807, 2.05) is 0 Å². The third-order valence-corrected chi connectivity index (χ3v) is 8.04. The normalized spacial score (nSPS) is 24.6. The van der Waals surface area contributed by atoms with Gasteiger partial charge in [0.05, 0.1) is 4.90 Å². The number of Topliss-reactive ketones (excluding diaryl/α,β-unsaturated/α-hetero) is 1. The fraction of sp³-hybridized carbons (Fsp3) is 0.619. The van der Waals surface area contributed by atoms with Gasteiger partial charge in [0.25, 0.3) is 0 Å². The van der Waals surface area contributed by atoms with Crippen LogP contribution < -0.4 is 5.32 Å². The summed E-state index contributed by atoms with van der Waals surface area (Å²) in [4.78, 5) is 24.3. The molecule has 0 spiro atoms. The molecule has 1 amide bonds. The van der Waals surface area contributed by atoms with Gasteiger partial charge < -0.3 is 5.32 Å². The molecule has 1 aromatic carbocycles. The quantitative estimate of drug-likeness (QED) is 0.762. The van der Waals surface area contributed by atoms with Gasteiger partial charge in [-0.3, -0.25) is 9.59 Å². The fourth-order valence-corrected chi connectivity index (χ4v) is 5.73. The van der Waals surface area contributed by atoms with Crippen LogP contribution >= 0.6 is 0 Å². The average molecular weight is 407 g/mol. The van der Waals surface area contributed by atoms with Crippen molar-refractivity contribution in [3.05, 3.63) is 29.8 Å². The van der Waals surface area contributed by atoms with Crippen molar-refractivity contribution in [2.45, 2.75) is 63.3 Å². The van der Waals surface area contributed by atoms with Crippen molar-refractivity contribution < 1.29 is 18.0 Å². The molecule has 1 aliphatic carbocycles. The van der Waals surface area contributed by atoms with E-state index in [2.05, 4.69) is 12.2 Å².